The summed E-state index contributed by atoms with van der Waals surface area (Å²) in [6.07, 6.45) is 21.5. The van der Waals surface area contributed by atoms with Crippen LogP contribution in [0.2, 0.25) is 0 Å². The molecule has 6 rings (SSSR count). The molecule has 1 saturated carbocycles. The number of carbonyl (C=O) groups excluding carboxylic acids is 2. The van der Waals surface area contributed by atoms with E-state index in [0.717, 1.165) is 93.3 Å². The van der Waals surface area contributed by atoms with E-state index in [0.29, 0.717) is 36.3 Å². The summed E-state index contributed by atoms with van der Waals surface area (Å²) in [5.74, 6) is -0.121. The van der Waals surface area contributed by atoms with Gasteiger partial charge < -0.3 is 15.2 Å². The third-order valence-corrected chi connectivity index (χ3v) is 11.6. The maximum Gasteiger partial charge on any atom is 0.305 e. The Morgan fingerprint density at radius 1 is 0.885 bits per heavy atom. The van der Waals surface area contributed by atoms with Crippen LogP contribution in [-0.2, 0) is 14.3 Å². The van der Waals surface area contributed by atoms with Gasteiger partial charge in [-0.2, -0.15) is 0 Å². The smallest absolute Gasteiger partial charge is 0.305 e. The molecule has 2 N–H and O–H groups in total. The zero-order valence-corrected chi connectivity index (χ0v) is 32.1. The fraction of sp³-hybridized carbons (Fsp3) is 0.523. The SMILES string of the molecule is CCCCCCCCCCCCOC(=O)CC[C@@H]1C2=C3CC(=O)C4=C(C)C(=CC5=NC(=CC6=NC(=C(C)/C6=C\O)C=C(N2)[C@H]1C)C(C)=C5CC)N=C34. The minimum atomic E-state index is -0.175. The van der Waals surface area contributed by atoms with Crippen molar-refractivity contribution in [2.75, 3.05) is 6.61 Å². The van der Waals surface area contributed by atoms with Crippen molar-refractivity contribution in [3.8, 4) is 0 Å². The summed E-state index contributed by atoms with van der Waals surface area (Å²) in [5.41, 5.74) is 12.7. The first-order valence-electron chi connectivity index (χ1n) is 19.7. The van der Waals surface area contributed by atoms with Crippen LogP contribution in [0.1, 0.15) is 131 Å². The Morgan fingerprint density at radius 3 is 2.25 bits per heavy atom. The van der Waals surface area contributed by atoms with Crippen LogP contribution in [0.4, 0.5) is 0 Å². The molecule has 8 bridgehead atoms. The lowest BCUT2D eigenvalue weighted by molar-refractivity contribution is -0.144. The van der Waals surface area contributed by atoms with Crippen molar-refractivity contribution in [3.63, 3.8) is 0 Å². The molecular weight excluding hydrogens is 649 g/mol. The number of fused-ring (bicyclic) bond motifs is 5. The van der Waals surface area contributed by atoms with E-state index in [2.05, 4.69) is 39.1 Å². The second kappa shape index (κ2) is 16.6. The van der Waals surface area contributed by atoms with Gasteiger partial charge >= 0.3 is 5.97 Å². The van der Waals surface area contributed by atoms with E-state index >= 15 is 0 Å². The zero-order chi connectivity index (χ0) is 36.9. The van der Waals surface area contributed by atoms with Crippen LogP contribution >= 0.6 is 0 Å². The van der Waals surface area contributed by atoms with Gasteiger partial charge in [-0.1, -0.05) is 78.6 Å². The highest BCUT2D eigenvalue weighted by molar-refractivity contribution is 6.38. The van der Waals surface area contributed by atoms with Gasteiger partial charge in [0.1, 0.15) is 0 Å². The number of allylic oxidation sites excluding steroid dienone is 12. The lowest BCUT2D eigenvalue weighted by Gasteiger charge is -2.17. The Bertz CT molecular complexity index is 1870. The summed E-state index contributed by atoms with van der Waals surface area (Å²) in [6.45, 7) is 13.0. The first-order valence-corrected chi connectivity index (χ1v) is 19.7. The number of esters is 1. The first-order chi connectivity index (χ1) is 25.2. The van der Waals surface area contributed by atoms with Gasteiger partial charge in [0.2, 0.25) is 0 Å². The standard InChI is InChI=1S/C44H56N4O4/c1-7-9-10-11-12-13-14-15-16-17-20-52-41(51)19-18-31-27(4)36-22-34-28(5)33(25-49)39(46-34)23-35-26(3)30(8-2)38(45-35)24-37-29(6)42-40(50)21-32(43(31)47-36)44(42)48-37/h22-25,27,31,47,49H,7-21H2,1-6H3/b33-25+,35-23?,36-22?,37-24?,43-32?/t27-,31-/m0/s1. The number of nitrogens with one attached hydrogen (secondary N) is 1. The molecule has 0 radical (unpaired) electrons. The second-order valence-electron chi connectivity index (χ2n) is 15.1. The number of hydrogen-bond acceptors (Lipinski definition) is 8. The first kappa shape index (κ1) is 37.4. The fourth-order valence-corrected chi connectivity index (χ4v) is 8.39. The van der Waals surface area contributed by atoms with Gasteiger partial charge in [-0.3, -0.25) is 9.59 Å². The molecule has 1 saturated heterocycles. The molecule has 6 aliphatic rings. The van der Waals surface area contributed by atoms with Crippen molar-refractivity contribution in [2.24, 2.45) is 26.8 Å². The van der Waals surface area contributed by atoms with E-state index in [1.165, 1.54) is 51.4 Å². The summed E-state index contributed by atoms with van der Waals surface area (Å²) >= 11 is 0. The van der Waals surface area contributed by atoms with Gasteiger partial charge in [0.15, 0.2) is 5.78 Å². The number of rotatable bonds is 15. The Morgan fingerprint density at radius 2 is 1.56 bits per heavy atom. The van der Waals surface area contributed by atoms with E-state index < -0.39 is 0 Å². The van der Waals surface area contributed by atoms with Gasteiger partial charge in [-0.25, -0.2) is 15.0 Å². The van der Waals surface area contributed by atoms with Gasteiger partial charge in [0.05, 0.1) is 47.1 Å². The number of aliphatic hydroxyl groups excluding tert-OH is 1. The zero-order valence-electron chi connectivity index (χ0n) is 32.1. The van der Waals surface area contributed by atoms with Crippen LogP contribution in [0.15, 0.2) is 107 Å². The van der Waals surface area contributed by atoms with Gasteiger partial charge in [0, 0.05) is 52.8 Å². The largest absolute Gasteiger partial charge is 0.515 e. The number of hydrogen-bond donors (Lipinski definition) is 2. The van der Waals surface area contributed by atoms with Crippen molar-refractivity contribution in [1.82, 2.24) is 5.32 Å². The Labute approximate surface area is 309 Å². The number of ether oxygens (including phenoxy) is 1. The molecule has 0 unspecified atom stereocenters. The summed E-state index contributed by atoms with van der Waals surface area (Å²) in [7, 11) is 0. The molecule has 5 aliphatic heterocycles. The van der Waals surface area contributed by atoms with E-state index in [-0.39, 0.29) is 30.0 Å². The van der Waals surface area contributed by atoms with Crippen LogP contribution in [0.5, 0.6) is 0 Å². The van der Waals surface area contributed by atoms with Crippen molar-refractivity contribution in [1.29, 1.82) is 0 Å². The van der Waals surface area contributed by atoms with E-state index in [1.807, 2.05) is 26.0 Å². The molecule has 0 aromatic rings. The molecular formula is C44H56N4O4. The molecule has 52 heavy (non-hydrogen) atoms. The molecule has 8 heteroatoms. The van der Waals surface area contributed by atoms with Crippen molar-refractivity contribution >= 4 is 28.9 Å². The monoisotopic (exact) mass is 704 g/mol. The quantitative estimate of drug-likeness (QED) is 0.100. The molecule has 1 aliphatic carbocycles. The predicted octanol–water partition coefficient (Wildman–Crippen LogP) is 10.1. The molecule has 0 amide bonds. The maximum atomic E-state index is 13.6. The Balaban J connectivity index is 1.24. The molecule has 2 atom stereocenters. The molecule has 8 nitrogen and oxygen atoms in total. The summed E-state index contributed by atoms with van der Waals surface area (Å²) in [5, 5.41) is 14.0. The lowest BCUT2D eigenvalue weighted by Crippen LogP contribution is -2.16. The van der Waals surface area contributed by atoms with Crippen molar-refractivity contribution < 1.29 is 19.4 Å². The molecule has 276 valence electrons. The van der Waals surface area contributed by atoms with Crippen LogP contribution in [0.25, 0.3) is 0 Å². The minimum absolute atomic E-state index is 0.0209. The number of Topliss-reactive ketones (excluding diaryl/α,β-unsaturated/α-hetero) is 1. The van der Waals surface area contributed by atoms with E-state index in [1.54, 1.807) is 0 Å². The highest BCUT2D eigenvalue weighted by Crippen LogP contribution is 2.45. The fourth-order valence-electron chi connectivity index (χ4n) is 8.39. The van der Waals surface area contributed by atoms with Gasteiger partial charge in [-0.15, -0.1) is 0 Å². The highest BCUT2D eigenvalue weighted by Gasteiger charge is 2.43. The van der Waals surface area contributed by atoms with Gasteiger partial charge in [0.25, 0.3) is 0 Å². The number of unbranched alkanes of at least 4 members (excludes halogenated alkanes) is 9. The van der Waals surface area contributed by atoms with Crippen LogP contribution in [-0.4, -0.2) is 40.6 Å². The second-order valence-corrected chi connectivity index (χ2v) is 15.1. The van der Waals surface area contributed by atoms with Crippen LogP contribution in [0, 0.1) is 11.8 Å². The third-order valence-electron chi connectivity index (χ3n) is 11.6. The third kappa shape index (κ3) is 7.58. The maximum absolute atomic E-state index is 13.6. The number of aliphatic imine (C=N–C) groups is 3. The van der Waals surface area contributed by atoms with Crippen LogP contribution < -0.4 is 5.32 Å². The molecule has 0 aromatic carbocycles. The van der Waals surface area contributed by atoms with Crippen LogP contribution in [0.3, 0.4) is 0 Å². The number of nitrogens with zero attached hydrogens (tertiary/aromatic N) is 3. The lowest BCUT2D eigenvalue weighted by atomic mass is 9.86. The number of aliphatic hydroxyl groups is 1. The topological polar surface area (TPSA) is 113 Å². The Kier molecular flexibility index (Phi) is 11.9. The molecule has 0 aromatic heterocycles. The average Bonchev–Trinajstić information content (AvgIpc) is 3.88. The Hall–Kier alpha value is -4.33. The number of ketones is 1. The summed E-state index contributed by atoms with van der Waals surface area (Å²) in [6, 6.07) is 0. The minimum Gasteiger partial charge on any atom is -0.515 e. The molecule has 5 heterocycles. The van der Waals surface area contributed by atoms with Crippen molar-refractivity contribution in [3.05, 3.63) is 92.0 Å². The summed E-state index contributed by atoms with van der Waals surface area (Å²) in [4.78, 5) is 41.8. The predicted molar refractivity (Wildman–Crippen MR) is 210 cm³/mol. The van der Waals surface area contributed by atoms with E-state index in [9.17, 15) is 14.7 Å². The van der Waals surface area contributed by atoms with Crippen molar-refractivity contribution in [2.45, 2.75) is 131 Å². The summed E-state index contributed by atoms with van der Waals surface area (Å²) < 4.78 is 5.71. The molecule has 2 fully saturated rings. The van der Waals surface area contributed by atoms with E-state index in [4.69, 9.17) is 19.7 Å². The normalized spacial score (nSPS) is 23.0. The highest BCUT2D eigenvalue weighted by atomic mass is 16.5. The molecule has 0 spiro atoms. The average molecular weight is 705 g/mol. The number of carbonyl (C=O) groups is 2. The van der Waals surface area contributed by atoms with Gasteiger partial charge in [-0.05, 0) is 80.6 Å².